The van der Waals surface area contributed by atoms with Gasteiger partial charge in [-0.1, -0.05) is 125 Å². The summed E-state index contributed by atoms with van der Waals surface area (Å²) >= 11 is 0. The summed E-state index contributed by atoms with van der Waals surface area (Å²) < 4.78 is 0. The molecule has 0 aliphatic carbocycles. The lowest BCUT2D eigenvalue weighted by Crippen LogP contribution is -2.34. The largest absolute Gasteiger partial charge is 0.0825 e. The monoisotopic (exact) mass is 394 g/mol. The van der Waals surface area contributed by atoms with E-state index in [9.17, 15) is 0 Å². The van der Waals surface area contributed by atoms with Gasteiger partial charge in [0.2, 0.25) is 0 Å². The Hall–Kier alpha value is 1.51. The molecule has 0 aromatic rings. The average Bonchev–Trinajstić information content (AvgIpc) is 2.04. The van der Waals surface area contributed by atoms with Gasteiger partial charge in [-0.2, -0.15) is 0 Å². The number of hydrogen-bond donors (Lipinski definition) is 0. The van der Waals surface area contributed by atoms with Gasteiger partial charge in [0.25, 0.3) is 0 Å². The molecule has 0 nitrogen and oxygen atoms in total. The fourth-order valence-electron chi connectivity index (χ4n) is 3.84. The Morgan fingerprint density at radius 3 is 0.696 bits per heavy atom. The van der Waals surface area contributed by atoms with Crippen molar-refractivity contribution in [3.63, 3.8) is 0 Å². The molecule has 0 rings (SSSR count). The van der Waals surface area contributed by atoms with Gasteiger partial charge in [-0.15, -0.1) is 0 Å². The second-order valence-corrected chi connectivity index (χ2v) is 36.7. The minimum Gasteiger partial charge on any atom is -0.0696 e. The Morgan fingerprint density at radius 2 is 0.609 bits per heavy atom. The first kappa shape index (κ1) is 24.5. The quantitative estimate of drug-likeness (QED) is 0.330. The van der Waals surface area contributed by atoms with E-state index in [4.69, 9.17) is 0 Å². The SMILES string of the molecule is CC(C)(C)P(P(P(C(C)(C)C)C(C)(C)C)[Si](C)(C)C)C(C)(C)C. The summed E-state index contributed by atoms with van der Waals surface area (Å²) in [6.07, 6.45) is 0. The molecule has 0 saturated heterocycles. The lowest BCUT2D eigenvalue weighted by atomic mass is 10.2. The predicted molar refractivity (Wildman–Crippen MR) is 123 cm³/mol. The second-order valence-electron chi connectivity index (χ2n) is 11.8. The molecule has 0 amide bonds. The van der Waals surface area contributed by atoms with E-state index in [1.165, 1.54) is 0 Å². The summed E-state index contributed by atoms with van der Waals surface area (Å²) in [7, 11) is -1.24. The van der Waals surface area contributed by atoms with E-state index in [1.807, 2.05) is 0 Å². The summed E-state index contributed by atoms with van der Waals surface area (Å²) in [6, 6.07) is 0. The van der Waals surface area contributed by atoms with Crippen LogP contribution in [0.5, 0.6) is 0 Å². The Labute approximate surface area is 153 Å². The van der Waals surface area contributed by atoms with E-state index in [1.54, 1.807) is 0 Å². The van der Waals surface area contributed by atoms with Crippen molar-refractivity contribution < 1.29 is 0 Å². The maximum Gasteiger partial charge on any atom is 0.0825 e. The van der Waals surface area contributed by atoms with E-state index in [0.717, 1.165) is 0 Å². The molecule has 0 atom stereocenters. The highest BCUT2D eigenvalue weighted by Gasteiger charge is 2.53. The molecule has 0 heterocycles. The highest BCUT2D eigenvalue weighted by molar-refractivity contribution is 8.72. The normalized spacial score (nSPS) is 15.9. The topological polar surface area (TPSA) is 0 Å². The van der Waals surface area contributed by atoms with E-state index < -0.39 is 7.74 Å². The van der Waals surface area contributed by atoms with E-state index in [0.29, 0.717) is 20.6 Å². The molecule has 0 aliphatic rings. The maximum atomic E-state index is 2.67. The van der Waals surface area contributed by atoms with Gasteiger partial charge >= 0.3 is 0 Å². The molecular weight excluding hydrogens is 349 g/mol. The third-order valence-corrected chi connectivity index (χ3v) is 41.3. The fourth-order valence-corrected chi connectivity index (χ4v) is 55.3. The highest BCUT2D eigenvalue weighted by Crippen LogP contribution is 2.99. The van der Waals surface area contributed by atoms with Crippen LogP contribution in [0.25, 0.3) is 0 Å². The van der Waals surface area contributed by atoms with Gasteiger partial charge in [0.05, 0.1) is 7.74 Å². The van der Waals surface area contributed by atoms with E-state index in [2.05, 4.69) is 103 Å². The van der Waals surface area contributed by atoms with Crippen molar-refractivity contribution in [2.24, 2.45) is 0 Å². The minimum absolute atomic E-state index is 0.00682. The van der Waals surface area contributed by atoms with Crippen LogP contribution in [0.2, 0.25) is 19.6 Å². The van der Waals surface area contributed by atoms with Crippen molar-refractivity contribution in [2.45, 2.75) is 123 Å². The summed E-state index contributed by atoms with van der Waals surface area (Å²) in [4.78, 5) is 0. The molecular formula is C19H45P3Si. The molecule has 140 valence electrons. The van der Waals surface area contributed by atoms with Gasteiger partial charge < -0.3 is 0 Å². The molecule has 0 aliphatic heterocycles. The third-order valence-electron chi connectivity index (χ3n) is 3.52. The molecule has 0 aromatic carbocycles. The second kappa shape index (κ2) is 7.26. The first-order valence-electron chi connectivity index (χ1n) is 9.02. The van der Waals surface area contributed by atoms with Crippen LogP contribution in [-0.4, -0.2) is 28.4 Å². The van der Waals surface area contributed by atoms with Gasteiger partial charge in [0.15, 0.2) is 0 Å². The summed E-state index contributed by atoms with van der Waals surface area (Å²) in [5.74, 6) is 0. The fraction of sp³-hybridized carbons (Fsp3) is 1.00. The van der Waals surface area contributed by atoms with Crippen molar-refractivity contribution in [2.75, 3.05) is 0 Å². The molecule has 0 bridgehead atoms. The van der Waals surface area contributed by atoms with Crippen molar-refractivity contribution >= 4 is 29.8 Å². The Morgan fingerprint density at radius 1 is 0.435 bits per heavy atom. The molecule has 0 saturated carbocycles. The minimum atomic E-state index is -1.23. The van der Waals surface area contributed by atoms with Crippen molar-refractivity contribution in [3.05, 3.63) is 0 Å². The summed E-state index contributed by atoms with van der Waals surface area (Å²) in [5, 5.41) is 1.76. The molecule has 0 spiro atoms. The molecule has 0 N–H and O–H groups in total. The first-order chi connectivity index (χ1) is 9.61. The zero-order chi connectivity index (χ0) is 19.2. The van der Waals surface area contributed by atoms with Crippen LogP contribution in [0.3, 0.4) is 0 Å². The molecule has 0 aromatic heterocycles. The van der Waals surface area contributed by atoms with Gasteiger partial charge in [-0.3, -0.25) is 0 Å². The number of hydrogen-bond acceptors (Lipinski definition) is 0. The lowest BCUT2D eigenvalue weighted by Gasteiger charge is -2.59. The Balaban J connectivity index is 6.55. The van der Waals surface area contributed by atoms with Crippen LogP contribution in [0.4, 0.5) is 0 Å². The Kier molecular flexibility index (Phi) is 7.73. The van der Waals surface area contributed by atoms with Gasteiger partial charge in [0, 0.05) is 0 Å². The molecule has 4 heteroatoms. The van der Waals surface area contributed by atoms with Crippen molar-refractivity contribution in [1.29, 1.82) is 0 Å². The van der Waals surface area contributed by atoms with Crippen LogP contribution in [-0.2, 0) is 0 Å². The smallest absolute Gasteiger partial charge is 0.0696 e. The first-order valence-corrected chi connectivity index (χ1v) is 18.8. The van der Waals surface area contributed by atoms with Crippen LogP contribution >= 0.6 is 22.1 Å². The van der Waals surface area contributed by atoms with E-state index >= 15 is 0 Å². The van der Waals surface area contributed by atoms with Crippen LogP contribution < -0.4 is 0 Å². The zero-order valence-electron chi connectivity index (χ0n) is 18.8. The van der Waals surface area contributed by atoms with Gasteiger partial charge in [-0.25, -0.2) is 0 Å². The zero-order valence-corrected chi connectivity index (χ0v) is 22.5. The van der Waals surface area contributed by atoms with Crippen molar-refractivity contribution in [1.82, 2.24) is 0 Å². The molecule has 23 heavy (non-hydrogen) atoms. The predicted octanol–water partition coefficient (Wildman–Crippen LogP) is 9.29. The number of rotatable bonds is 3. The molecule has 0 fully saturated rings. The Bertz CT molecular complexity index is 323. The maximum absolute atomic E-state index is 2.67. The van der Waals surface area contributed by atoms with Crippen LogP contribution in [0, 0.1) is 0 Å². The highest BCUT2D eigenvalue weighted by atomic mass is 32.6. The summed E-state index contributed by atoms with van der Waals surface area (Å²) in [6.45, 7) is 38.4. The van der Waals surface area contributed by atoms with Crippen LogP contribution in [0.1, 0.15) is 83.1 Å². The lowest BCUT2D eigenvalue weighted by molar-refractivity contribution is 0.716. The molecule has 0 radical (unpaired) electrons. The van der Waals surface area contributed by atoms with Gasteiger partial charge in [-0.05, 0) is 20.6 Å². The van der Waals surface area contributed by atoms with Crippen LogP contribution in [0.15, 0.2) is 0 Å². The standard InChI is InChI=1S/C19H45P3Si/c1-16(2,3)20(17(4,5)6)22(23(13,14)15)21(18(7,8)9)19(10,11)12/h1-15H3. The molecule has 0 unspecified atom stereocenters. The average molecular weight is 395 g/mol. The summed E-state index contributed by atoms with van der Waals surface area (Å²) in [5.41, 5.74) is 0. The van der Waals surface area contributed by atoms with Gasteiger partial charge in [0.1, 0.15) is 0 Å². The van der Waals surface area contributed by atoms with E-state index in [-0.39, 0.29) is 22.1 Å². The third kappa shape index (κ3) is 6.97. The van der Waals surface area contributed by atoms with Crippen molar-refractivity contribution in [3.8, 4) is 0 Å².